The largest absolute Gasteiger partial charge is 0.506 e. The zero-order valence-corrected chi connectivity index (χ0v) is 16.9. The molecule has 0 aliphatic heterocycles. The van der Waals surface area contributed by atoms with Crippen molar-refractivity contribution in [2.24, 2.45) is 4.99 Å². The van der Waals surface area contributed by atoms with Crippen LogP contribution in [0, 0.1) is 0 Å². The molecule has 0 aliphatic rings. The van der Waals surface area contributed by atoms with E-state index in [1.54, 1.807) is 60.7 Å². The number of phenols is 1. The van der Waals surface area contributed by atoms with Gasteiger partial charge in [0.25, 0.3) is 5.91 Å². The average molecular weight is 464 g/mol. The summed E-state index contributed by atoms with van der Waals surface area (Å²) in [5.41, 5.74) is 2.04. The summed E-state index contributed by atoms with van der Waals surface area (Å²) in [7, 11) is 0. The molecule has 4 nitrogen and oxygen atoms in total. The number of amides is 1. The summed E-state index contributed by atoms with van der Waals surface area (Å²) in [6, 6.07) is 17.0. The van der Waals surface area contributed by atoms with Crippen molar-refractivity contribution in [2.75, 3.05) is 5.32 Å². The predicted octanol–water partition coefficient (Wildman–Crippen LogP) is 6.46. The molecule has 0 fully saturated rings. The van der Waals surface area contributed by atoms with Crippen LogP contribution in [0.2, 0.25) is 10.0 Å². The third-order valence-corrected chi connectivity index (χ3v) is 4.79. The molecule has 27 heavy (non-hydrogen) atoms. The average Bonchev–Trinajstić information content (AvgIpc) is 2.64. The number of aliphatic imine (C=N–C) groups is 1. The first-order valence-electron chi connectivity index (χ1n) is 7.82. The molecule has 0 unspecified atom stereocenters. The molecule has 3 rings (SSSR count). The number of hydrogen-bond donors (Lipinski definition) is 2. The molecule has 0 bridgehead atoms. The van der Waals surface area contributed by atoms with Crippen molar-refractivity contribution < 1.29 is 9.90 Å². The van der Waals surface area contributed by atoms with E-state index in [1.165, 1.54) is 6.21 Å². The molecule has 0 aromatic heterocycles. The summed E-state index contributed by atoms with van der Waals surface area (Å²) in [5, 5.41) is 13.7. The van der Waals surface area contributed by atoms with Crippen LogP contribution in [0.1, 0.15) is 15.9 Å². The Morgan fingerprint density at radius 1 is 1.07 bits per heavy atom. The first-order chi connectivity index (χ1) is 12.9. The van der Waals surface area contributed by atoms with Crippen LogP contribution < -0.4 is 5.32 Å². The maximum Gasteiger partial charge on any atom is 0.257 e. The van der Waals surface area contributed by atoms with Gasteiger partial charge in [-0.3, -0.25) is 9.79 Å². The van der Waals surface area contributed by atoms with E-state index in [9.17, 15) is 9.90 Å². The lowest BCUT2D eigenvalue weighted by Crippen LogP contribution is -2.12. The molecule has 0 heterocycles. The summed E-state index contributed by atoms with van der Waals surface area (Å²) < 4.78 is 0.484. The van der Waals surface area contributed by atoms with Gasteiger partial charge in [0.1, 0.15) is 5.75 Å². The monoisotopic (exact) mass is 462 g/mol. The third kappa shape index (κ3) is 4.89. The number of rotatable bonds is 4. The second-order valence-corrected chi connectivity index (χ2v) is 7.27. The quantitative estimate of drug-likeness (QED) is 0.436. The van der Waals surface area contributed by atoms with Crippen molar-refractivity contribution in [1.82, 2.24) is 0 Å². The Kier molecular flexibility index (Phi) is 6.16. The second-order valence-electron chi connectivity index (χ2n) is 5.57. The van der Waals surface area contributed by atoms with E-state index < -0.39 is 0 Å². The van der Waals surface area contributed by atoms with Gasteiger partial charge in [0.15, 0.2) is 0 Å². The van der Waals surface area contributed by atoms with E-state index in [0.717, 1.165) is 0 Å². The van der Waals surface area contributed by atoms with Crippen molar-refractivity contribution in [3.8, 4) is 5.75 Å². The first-order valence-corrected chi connectivity index (χ1v) is 9.37. The highest BCUT2D eigenvalue weighted by molar-refractivity contribution is 9.10. The number of phenolic OH excluding ortho intramolecular Hbond substituents is 1. The highest BCUT2D eigenvalue weighted by atomic mass is 79.9. The zero-order valence-electron chi connectivity index (χ0n) is 13.8. The molecule has 0 atom stereocenters. The van der Waals surface area contributed by atoms with Gasteiger partial charge in [0, 0.05) is 22.5 Å². The van der Waals surface area contributed by atoms with Crippen molar-refractivity contribution in [3.05, 3.63) is 86.3 Å². The van der Waals surface area contributed by atoms with E-state index in [0.29, 0.717) is 37.0 Å². The van der Waals surface area contributed by atoms with Gasteiger partial charge in [-0.2, -0.15) is 0 Å². The van der Waals surface area contributed by atoms with Crippen LogP contribution in [0.5, 0.6) is 5.75 Å². The van der Waals surface area contributed by atoms with Crippen LogP contribution in [-0.2, 0) is 0 Å². The molecule has 1 amide bonds. The number of carbonyl (C=O) groups is 1. The minimum atomic E-state index is -0.307. The molecule has 0 saturated carbocycles. The Bertz CT molecular complexity index is 1040. The summed E-state index contributed by atoms with van der Waals surface area (Å²) >= 11 is 15.3. The highest BCUT2D eigenvalue weighted by Crippen LogP contribution is 2.31. The molecule has 2 N–H and O–H groups in total. The molecule has 3 aromatic carbocycles. The standard InChI is InChI=1S/C20H13BrCl2N2O2/c21-17-9-13(22)8-12(19(17)26)11-24-14-4-3-5-15(10-14)25-20(27)16-6-1-2-7-18(16)23/h1-11,26H,(H,25,27). The Labute approximate surface area is 174 Å². The van der Waals surface area contributed by atoms with Gasteiger partial charge in [0.05, 0.1) is 20.7 Å². The fraction of sp³-hybridized carbons (Fsp3) is 0. The molecule has 0 radical (unpaired) electrons. The van der Waals surface area contributed by atoms with Crippen molar-refractivity contribution in [2.45, 2.75) is 0 Å². The van der Waals surface area contributed by atoms with E-state index in [-0.39, 0.29) is 11.7 Å². The summed E-state index contributed by atoms with van der Waals surface area (Å²) in [6.07, 6.45) is 1.50. The summed E-state index contributed by atoms with van der Waals surface area (Å²) in [5.74, 6) is -0.260. The van der Waals surface area contributed by atoms with E-state index in [2.05, 4.69) is 26.2 Å². The predicted molar refractivity (Wildman–Crippen MR) is 114 cm³/mol. The first kappa shape index (κ1) is 19.4. The molecular formula is C20H13BrCl2N2O2. The highest BCUT2D eigenvalue weighted by Gasteiger charge is 2.10. The van der Waals surface area contributed by atoms with E-state index in [1.807, 2.05) is 0 Å². The van der Waals surface area contributed by atoms with Crippen LogP contribution in [-0.4, -0.2) is 17.2 Å². The second kappa shape index (κ2) is 8.57. The van der Waals surface area contributed by atoms with Crippen LogP contribution in [0.3, 0.4) is 0 Å². The fourth-order valence-corrected chi connectivity index (χ4v) is 3.39. The topological polar surface area (TPSA) is 61.7 Å². The van der Waals surface area contributed by atoms with Gasteiger partial charge in [0.2, 0.25) is 0 Å². The van der Waals surface area contributed by atoms with Gasteiger partial charge < -0.3 is 10.4 Å². The number of halogens is 3. The van der Waals surface area contributed by atoms with Gasteiger partial charge in [-0.1, -0.05) is 41.4 Å². The number of nitrogens with one attached hydrogen (secondary N) is 1. The summed E-state index contributed by atoms with van der Waals surface area (Å²) in [6.45, 7) is 0. The number of hydrogen-bond acceptors (Lipinski definition) is 3. The molecular weight excluding hydrogens is 451 g/mol. The number of benzene rings is 3. The third-order valence-electron chi connectivity index (χ3n) is 3.63. The zero-order chi connectivity index (χ0) is 19.4. The van der Waals surface area contributed by atoms with Crippen LogP contribution in [0.25, 0.3) is 0 Å². The number of aromatic hydroxyl groups is 1. The van der Waals surface area contributed by atoms with Gasteiger partial charge >= 0.3 is 0 Å². The normalized spacial score (nSPS) is 10.9. The number of carbonyl (C=O) groups excluding carboxylic acids is 1. The van der Waals surface area contributed by atoms with E-state index >= 15 is 0 Å². The van der Waals surface area contributed by atoms with Gasteiger partial charge in [-0.05, 0) is 58.4 Å². The lowest BCUT2D eigenvalue weighted by molar-refractivity contribution is 0.102. The maximum atomic E-state index is 12.4. The van der Waals surface area contributed by atoms with Crippen molar-refractivity contribution in [1.29, 1.82) is 0 Å². The Balaban J connectivity index is 1.80. The fourth-order valence-electron chi connectivity index (χ4n) is 2.34. The van der Waals surface area contributed by atoms with Crippen LogP contribution in [0.4, 0.5) is 11.4 Å². The van der Waals surface area contributed by atoms with Crippen LogP contribution >= 0.6 is 39.1 Å². The summed E-state index contributed by atoms with van der Waals surface area (Å²) in [4.78, 5) is 16.7. The molecule has 136 valence electrons. The Morgan fingerprint density at radius 2 is 1.85 bits per heavy atom. The van der Waals surface area contributed by atoms with Gasteiger partial charge in [-0.15, -0.1) is 0 Å². The van der Waals surface area contributed by atoms with Crippen LogP contribution in [0.15, 0.2) is 70.1 Å². The number of anilines is 1. The SMILES string of the molecule is O=C(Nc1cccc(N=Cc2cc(Cl)cc(Br)c2O)c1)c1ccccc1Cl. The molecule has 0 saturated heterocycles. The molecule has 0 spiro atoms. The molecule has 3 aromatic rings. The maximum absolute atomic E-state index is 12.4. The number of nitrogens with zero attached hydrogens (tertiary/aromatic N) is 1. The lowest BCUT2D eigenvalue weighted by Gasteiger charge is -2.07. The van der Waals surface area contributed by atoms with Gasteiger partial charge in [-0.25, -0.2) is 0 Å². The minimum absolute atomic E-state index is 0.0475. The molecule has 7 heteroatoms. The van der Waals surface area contributed by atoms with Crippen molar-refractivity contribution in [3.63, 3.8) is 0 Å². The minimum Gasteiger partial charge on any atom is -0.506 e. The Morgan fingerprint density at radius 3 is 2.63 bits per heavy atom. The molecule has 0 aliphatic carbocycles. The lowest BCUT2D eigenvalue weighted by atomic mass is 10.2. The Hall–Kier alpha value is -2.34. The smallest absolute Gasteiger partial charge is 0.257 e. The van der Waals surface area contributed by atoms with Crippen molar-refractivity contribution >= 4 is 62.6 Å². The van der Waals surface area contributed by atoms with E-state index in [4.69, 9.17) is 23.2 Å².